The third-order valence-corrected chi connectivity index (χ3v) is 2.51. The molecule has 0 aliphatic heterocycles. The van der Waals surface area contributed by atoms with Crippen molar-refractivity contribution >= 4 is 5.97 Å². The van der Waals surface area contributed by atoms with Crippen molar-refractivity contribution in [3.8, 4) is 0 Å². The fourth-order valence-corrected chi connectivity index (χ4v) is 1.04. The standard InChI is InChI=1S/C12H24O3/c1-6-9(3)12(13)14-8-11(5)15-10(4)7-2/h9-11H,6-8H2,1-5H3/t9?,10-,11?/m0/s1. The molecule has 0 aromatic heterocycles. The molecule has 0 radical (unpaired) electrons. The smallest absolute Gasteiger partial charge is 0.308 e. The molecule has 0 rings (SSSR count). The molecule has 0 spiro atoms. The van der Waals surface area contributed by atoms with Gasteiger partial charge in [0.25, 0.3) is 0 Å². The summed E-state index contributed by atoms with van der Waals surface area (Å²) in [5.41, 5.74) is 0. The van der Waals surface area contributed by atoms with Gasteiger partial charge in [0, 0.05) is 0 Å². The maximum atomic E-state index is 11.4. The second-order valence-electron chi connectivity index (χ2n) is 4.10. The molecule has 3 nitrogen and oxygen atoms in total. The van der Waals surface area contributed by atoms with Crippen molar-refractivity contribution in [2.24, 2.45) is 5.92 Å². The first kappa shape index (κ1) is 14.4. The highest BCUT2D eigenvalue weighted by Crippen LogP contribution is 2.06. The van der Waals surface area contributed by atoms with Crippen molar-refractivity contribution in [1.82, 2.24) is 0 Å². The number of hydrogen-bond acceptors (Lipinski definition) is 3. The monoisotopic (exact) mass is 216 g/mol. The Morgan fingerprint density at radius 2 is 1.67 bits per heavy atom. The average Bonchev–Trinajstić information content (AvgIpc) is 2.24. The molecule has 0 heterocycles. The van der Waals surface area contributed by atoms with Gasteiger partial charge in [-0.2, -0.15) is 0 Å². The molecular formula is C12H24O3. The van der Waals surface area contributed by atoms with Crippen LogP contribution in [0.15, 0.2) is 0 Å². The highest BCUT2D eigenvalue weighted by molar-refractivity contribution is 5.71. The van der Waals surface area contributed by atoms with E-state index in [0.717, 1.165) is 12.8 Å². The summed E-state index contributed by atoms with van der Waals surface area (Å²) < 4.78 is 10.7. The molecule has 0 aliphatic rings. The van der Waals surface area contributed by atoms with E-state index in [-0.39, 0.29) is 24.1 Å². The van der Waals surface area contributed by atoms with Gasteiger partial charge in [-0.15, -0.1) is 0 Å². The minimum Gasteiger partial charge on any atom is -0.463 e. The second-order valence-corrected chi connectivity index (χ2v) is 4.10. The highest BCUT2D eigenvalue weighted by Gasteiger charge is 2.14. The molecule has 0 amide bonds. The molecular weight excluding hydrogens is 192 g/mol. The summed E-state index contributed by atoms with van der Waals surface area (Å²) in [5.74, 6) is -0.141. The molecule has 0 fully saturated rings. The van der Waals surface area contributed by atoms with E-state index in [2.05, 4.69) is 6.92 Å². The zero-order valence-electron chi connectivity index (χ0n) is 10.6. The Kier molecular flexibility index (Phi) is 7.39. The van der Waals surface area contributed by atoms with E-state index in [1.165, 1.54) is 0 Å². The van der Waals surface area contributed by atoms with E-state index in [1.54, 1.807) is 0 Å². The van der Waals surface area contributed by atoms with E-state index in [1.807, 2.05) is 27.7 Å². The number of hydrogen-bond donors (Lipinski definition) is 0. The summed E-state index contributed by atoms with van der Waals surface area (Å²) in [6, 6.07) is 0. The Hall–Kier alpha value is -0.570. The Bertz CT molecular complexity index is 180. The fraction of sp³-hybridized carbons (Fsp3) is 0.917. The molecule has 90 valence electrons. The Labute approximate surface area is 93.1 Å². The minimum atomic E-state index is -0.128. The van der Waals surface area contributed by atoms with Crippen LogP contribution in [0.4, 0.5) is 0 Å². The quantitative estimate of drug-likeness (QED) is 0.614. The SMILES string of the molecule is CCC(C)C(=O)OCC(C)O[C@@H](C)CC. The topological polar surface area (TPSA) is 35.5 Å². The maximum Gasteiger partial charge on any atom is 0.308 e. The Balaban J connectivity index is 3.70. The zero-order chi connectivity index (χ0) is 11.8. The van der Waals surface area contributed by atoms with Crippen LogP contribution < -0.4 is 0 Å². The van der Waals surface area contributed by atoms with Crippen molar-refractivity contribution < 1.29 is 14.3 Å². The lowest BCUT2D eigenvalue weighted by Gasteiger charge is -2.18. The fourth-order valence-electron chi connectivity index (χ4n) is 1.04. The van der Waals surface area contributed by atoms with Crippen LogP contribution in [0.25, 0.3) is 0 Å². The normalized spacial score (nSPS) is 16.9. The number of rotatable bonds is 7. The zero-order valence-corrected chi connectivity index (χ0v) is 10.6. The molecule has 0 saturated carbocycles. The molecule has 3 atom stereocenters. The Morgan fingerprint density at radius 1 is 1.07 bits per heavy atom. The van der Waals surface area contributed by atoms with E-state index >= 15 is 0 Å². The summed E-state index contributed by atoms with van der Waals surface area (Å²) in [5, 5.41) is 0. The summed E-state index contributed by atoms with van der Waals surface area (Å²) in [6.45, 7) is 10.2. The van der Waals surface area contributed by atoms with Crippen LogP contribution in [0.1, 0.15) is 47.5 Å². The molecule has 2 unspecified atom stereocenters. The molecule has 0 bridgehead atoms. The van der Waals surface area contributed by atoms with Gasteiger partial charge in [-0.05, 0) is 26.7 Å². The maximum absolute atomic E-state index is 11.4. The van der Waals surface area contributed by atoms with Crippen molar-refractivity contribution in [1.29, 1.82) is 0 Å². The minimum absolute atomic E-state index is 0.0131. The Morgan fingerprint density at radius 3 is 2.13 bits per heavy atom. The molecule has 3 heteroatoms. The van der Waals surface area contributed by atoms with Gasteiger partial charge in [0.05, 0.1) is 18.1 Å². The van der Waals surface area contributed by atoms with Gasteiger partial charge < -0.3 is 9.47 Å². The van der Waals surface area contributed by atoms with Crippen LogP contribution >= 0.6 is 0 Å². The third kappa shape index (κ3) is 6.50. The lowest BCUT2D eigenvalue weighted by molar-refractivity contribution is -0.153. The van der Waals surface area contributed by atoms with Crippen LogP contribution in [0, 0.1) is 5.92 Å². The summed E-state index contributed by atoms with van der Waals surface area (Å²) >= 11 is 0. The van der Waals surface area contributed by atoms with Gasteiger partial charge in [-0.3, -0.25) is 4.79 Å². The van der Waals surface area contributed by atoms with E-state index < -0.39 is 0 Å². The number of ether oxygens (including phenoxy) is 2. The van der Waals surface area contributed by atoms with E-state index in [0.29, 0.717) is 6.61 Å². The van der Waals surface area contributed by atoms with Crippen molar-refractivity contribution in [2.75, 3.05) is 6.61 Å². The van der Waals surface area contributed by atoms with Crippen LogP contribution in [0.2, 0.25) is 0 Å². The first-order chi connectivity index (χ1) is 7.01. The first-order valence-corrected chi connectivity index (χ1v) is 5.83. The summed E-state index contributed by atoms with van der Waals surface area (Å²) in [4.78, 5) is 11.4. The lowest BCUT2D eigenvalue weighted by Crippen LogP contribution is -2.25. The molecule has 0 saturated heterocycles. The van der Waals surface area contributed by atoms with Gasteiger partial charge in [0.2, 0.25) is 0 Å². The predicted octanol–water partition coefficient (Wildman–Crippen LogP) is 2.78. The van der Waals surface area contributed by atoms with E-state index in [9.17, 15) is 4.79 Å². The van der Waals surface area contributed by atoms with Crippen LogP contribution in [-0.4, -0.2) is 24.8 Å². The first-order valence-electron chi connectivity index (χ1n) is 5.83. The van der Waals surface area contributed by atoms with E-state index in [4.69, 9.17) is 9.47 Å². The summed E-state index contributed by atoms with van der Waals surface area (Å²) in [6.07, 6.45) is 2.00. The largest absolute Gasteiger partial charge is 0.463 e. The molecule has 15 heavy (non-hydrogen) atoms. The number of carbonyl (C=O) groups excluding carboxylic acids is 1. The molecule has 0 aromatic rings. The van der Waals surface area contributed by atoms with Crippen molar-refractivity contribution in [3.63, 3.8) is 0 Å². The molecule has 0 aliphatic carbocycles. The third-order valence-electron chi connectivity index (χ3n) is 2.51. The van der Waals surface area contributed by atoms with Gasteiger partial charge in [0.15, 0.2) is 0 Å². The predicted molar refractivity (Wildman–Crippen MR) is 60.7 cm³/mol. The number of carbonyl (C=O) groups is 1. The summed E-state index contributed by atoms with van der Waals surface area (Å²) in [7, 11) is 0. The second kappa shape index (κ2) is 7.69. The van der Waals surface area contributed by atoms with Crippen LogP contribution in [0.3, 0.4) is 0 Å². The van der Waals surface area contributed by atoms with Gasteiger partial charge in [-0.25, -0.2) is 0 Å². The van der Waals surface area contributed by atoms with Crippen LogP contribution in [-0.2, 0) is 14.3 Å². The molecule has 0 N–H and O–H groups in total. The van der Waals surface area contributed by atoms with Crippen LogP contribution in [0.5, 0.6) is 0 Å². The van der Waals surface area contributed by atoms with Gasteiger partial charge in [0.1, 0.15) is 6.61 Å². The van der Waals surface area contributed by atoms with Crippen molar-refractivity contribution in [2.45, 2.75) is 59.7 Å². The lowest BCUT2D eigenvalue weighted by atomic mass is 10.1. The average molecular weight is 216 g/mol. The van der Waals surface area contributed by atoms with Gasteiger partial charge in [-0.1, -0.05) is 20.8 Å². The van der Waals surface area contributed by atoms with Crippen molar-refractivity contribution in [3.05, 3.63) is 0 Å². The van der Waals surface area contributed by atoms with Gasteiger partial charge >= 0.3 is 5.97 Å². The highest BCUT2D eigenvalue weighted by atomic mass is 16.6. The molecule has 0 aromatic carbocycles. The number of esters is 1.